The minimum atomic E-state index is -7.87. The molecule has 30 heavy (non-hydrogen) atoms. The summed E-state index contributed by atoms with van der Waals surface area (Å²) >= 11 is 0. The first-order valence-corrected chi connectivity index (χ1v) is 8.34. The lowest BCUT2D eigenvalue weighted by atomic mass is 9.91. The fourth-order valence-corrected chi connectivity index (χ4v) is 2.29. The van der Waals surface area contributed by atoms with Gasteiger partial charge in [-0.25, -0.2) is 0 Å². The van der Waals surface area contributed by atoms with Crippen molar-refractivity contribution in [1.82, 2.24) is 0 Å². The van der Waals surface area contributed by atoms with Crippen LogP contribution in [-0.4, -0.2) is 46.9 Å². The summed E-state index contributed by atoms with van der Waals surface area (Å²) in [5.41, 5.74) is 0. The lowest BCUT2D eigenvalue weighted by molar-refractivity contribution is -0.440. The standard InChI is InChI=1S/C15H17F13O2/c16-10(17,8-6-4-2-1-3-5-7-9(29)30)11(18,19)12(20,21)13(22,23)14(24,25)15(26,27)28/h1-8H2,(H,29,30). The van der Waals surface area contributed by atoms with Crippen molar-refractivity contribution in [2.45, 2.75) is 87.2 Å². The molecular formula is C15H17F13O2. The Morgan fingerprint density at radius 2 is 0.900 bits per heavy atom. The number of carboxylic acid groups (broad SMARTS) is 1. The molecule has 2 nitrogen and oxygen atoms in total. The topological polar surface area (TPSA) is 37.3 Å². The van der Waals surface area contributed by atoms with E-state index in [1.807, 2.05) is 0 Å². The van der Waals surface area contributed by atoms with Crippen LogP contribution in [-0.2, 0) is 4.79 Å². The van der Waals surface area contributed by atoms with Crippen molar-refractivity contribution >= 4 is 5.97 Å². The summed E-state index contributed by atoms with van der Waals surface area (Å²) in [6, 6.07) is 0. The van der Waals surface area contributed by atoms with Crippen LogP contribution in [0, 0.1) is 0 Å². The van der Waals surface area contributed by atoms with E-state index in [1.165, 1.54) is 0 Å². The highest BCUT2D eigenvalue weighted by Gasteiger charge is 2.90. The van der Waals surface area contributed by atoms with Crippen LogP contribution in [0.25, 0.3) is 0 Å². The summed E-state index contributed by atoms with van der Waals surface area (Å²) in [5, 5.41) is 8.36. The van der Waals surface area contributed by atoms with Gasteiger partial charge in [0.15, 0.2) is 0 Å². The van der Waals surface area contributed by atoms with Crippen LogP contribution in [0.4, 0.5) is 57.1 Å². The van der Waals surface area contributed by atoms with Gasteiger partial charge < -0.3 is 5.11 Å². The lowest BCUT2D eigenvalue weighted by Gasteiger charge is -2.39. The van der Waals surface area contributed by atoms with E-state index in [9.17, 15) is 61.9 Å². The molecule has 0 amide bonds. The molecule has 0 aromatic carbocycles. The zero-order valence-corrected chi connectivity index (χ0v) is 14.9. The van der Waals surface area contributed by atoms with Crippen molar-refractivity contribution in [3.8, 4) is 0 Å². The number of rotatable bonds is 13. The van der Waals surface area contributed by atoms with Crippen molar-refractivity contribution in [3.63, 3.8) is 0 Å². The van der Waals surface area contributed by atoms with Gasteiger partial charge >= 0.3 is 41.8 Å². The fourth-order valence-electron chi connectivity index (χ4n) is 2.29. The lowest BCUT2D eigenvalue weighted by Crippen LogP contribution is -2.70. The highest BCUT2D eigenvalue weighted by Crippen LogP contribution is 2.60. The van der Waals surface area contributed by atoms with Gasteiger partial charge in [0.2, 0.25) is 0 Å². The summed E-state index contributed by atoms with van der Waals surface area (Å²) in [7, 11) is 0. The molecule has 0 heterocycles. The molecule has 0 fully saturated rings. The molecule has 0 saturated heterocycles. The monoisotopic (exact) mass is 476 g/mol. The van der Waals surface area contributed by atoms with Gasteiger partial charge in [-0.2, -0.15) is 57.1 Å². The third-order valence-electron chi connectivity index (χ3n) is 4.13. The predicted octanol–water partition coefficient (Wildman–Crippen LogP) is 6.93. The summed E-state index contributed by atoms with van der Waals surface area (Å²) in [6.07, 6.45) is -10.3. The molecular weight excluding hydrogens is 459 g/mol. The van der Waals surface area contributed by atoms with Crippen LogP contribution < -0.4 is 0 Å². The molecule has 180 valence electrons. The number of alkyl halides is 13. The fraction of sp³-hybridized carbons (Fsp3) is 0.933. The molecule has 15 heteroatoms. The van der Waals surface area contributed by atoms with Crippen LogP contribution >= 0.6 is 0 Å². The van der Waals surface area contributed by atoms with Crippen molar-refractivity contribution in [2.24, 2.45) is 0 Å². The van der Waals surface area contributed by atoms with Gasteiger partial charge in [0.25, 0.3) is 0 Å². The highest BCUT2D eigenvalue weighted by atomic mass is 19.4. The van der Waals surface area contributed by atoms with E-state index < -0.39 is 54.6 Å². The summed E-state index contributed by atoms with van der Waals surface area (Å²) < 4.78 is 168. The number of unbranched alkanes of at least 4 members (excludes halogenated alkanes) is 5. The number of carbonyl (C=O) groups is 1. The average Bonchev–Trinajstić information content (AvgIpc) is 2.55. The van der Waals surface area contributed by atoms with E-state index in [1.54, 1.807) is 0 Å². The average molecular weight is 476 g/mol. The van der Waals surface area contributed by atoms with Crippen molar-refractivity contribution in [1.29, 1.82) is 0 Å². The molecule has 0 aliphatic carbocycles. The molecule has 1 N–H and O–H groups in total. The molecule has 0 aromatic rings. The third kappa shape index (κ3) is 5.62. The Balaban J connectivity index is 5.14. The first-order chi connectivity index (χ1) is 13.2. The Bertz CT molecular complexity index is 569. The number of hydrogen-bond acceptors (Lipinski definition) is 1. The Hall–Kier alpha value is -1.44. The molecule has 0 radical (unpaired) electrons. The molecule has 0 aliphatic heterocycles. The summed E-state index contributed by atoms with van der Waals surface area (Å²) in [4.78, 5) is 10.2. The highest BCUT2D eigenvalue weighted by molar-refractivity contribution is 5.66. The zero-order valence-electron chi connectivity index (χ0n) is 14.9. The normalized spacial score (nSPS) is 14.8. The smallest absolute Gasteiger partial charge is 0.460 e. The molecule has 0 aliphatic rings. The quantitative estimate of drug-likeness (QED) is 0.231. The Labute approximate surface area is 161 Å². The van der Waals surface area contributed by atoms with Crippen molar-refractivity contribution < 1.29 is 67.0 Å². The second-order valence-corrected chi connectivity index (χ2v) is 6.51. The van der Waals surface area contributed by atoms with Crippen LogP contribution in [0.5, 0.6) is 0 Å². The third-order valence-corrected chi connectivity index (χ3v) is 4.13. The summed E-state index contributed by atoms with van der Waals surface area (Å²) in [6.45, 7) is 0. The number of halogens is 13. The van der Waals surface area contributed by atoms with Crippen LogP contribution in [0.2, 0.25) is 0 Å². The van der Waals surface area contributed by atoms with E-state index in [0.717, 1.165) is 0 Å². The maximum absolute atomic E-state index is 13.5. The van der Waals surface area contributed by atoms with Crippen LogP contribution in [0.15, 0.2) is 0 Å². The van der Waals surface area contributed by atoms with Crippen molar-refractivity contribution in [3.05, 3.63) is 0 Å². The van der Waals surface area contributed by atoms with Crippen molar-refractivity contribution in [2.75, 3.05) is 0 Å². The van der Waals surface area contributed by atoms with Crippen LogP contribution in [0.1, 0.15) is 51.4 Å². The van der Waals surface area contributed by atoms with E-state index in [0.29, 0.717) is 6.42 Å². The van der Waals surface area contributed by atoms with E-state index in [-0.39, 0.29) is 32.1 Å². The van der Waals surface area contributed by atoms with E-state index in [2.05, 4.69) is 0 Å². The summed E-state index contributed by atoms with van der Waals surface area (Å²) in [5.74, 6) is -37.7. The Kier molecular flexibility index (Phi) is 8.92. The van der Waals surface area contributed by atoms with Gasteiger partial charge in [-0.15, -0.1) is 0 Å². The van der Waals surface area contributed by atoms with Crippen LogP contribution in [0.3, 0.4) is 0 Å². The number of carboxylic acids is 1. The van der Waals surface area contributed by atoms with Gasteiger partial charge in [-0.1, -0.05) is 25.7 Å². The number of hydrogen-bond donors (Lipinski definition) is 1. The van der Waals surface area contributed by atoms with E-state index in [4.69, 9.17) is 5.11 Å². The molecule has 0 rings (SSSR count). The first kappa shape index (κ1) is 28.6. The molecule has 0 saturated carbocycles. The second-order valence-electron chi connectivity index (χ2n) is 6.51. The van der Waals surface area contributed by atoms with Gasteiger partial charge in [0.1, 0.15) is 0 Å². The van der Waals surface area contributed by atoms with Gasteiger partial charge in [-0.3, -0.25) is 4.79 Å². The minimum absolute atomic E-state index is 0.0416. The maximum atomic E-state index is 13.5. The largest absolute Gasteiger partial charge is 0.481 e. The zero-order chi connectivity index (χ0) is 24.2. The Morgan fingerprint density at radius 3 is 1.30 bits per heavy atom. The van der Waals surface area contributed by atoms with Gasteiger partial charge in [0, 0.05) is 12.8 Å². The predicted molar refractivity (Wildman–Crippen MR) is 75.4 cm³/mol. The SMILES string of the molecule is O=C(O)CCCCCCCCC(F)(F)C(F)(F)C(F)(F)C(F)(F)C(F)(F)C(F)(F)F. The Morgan fingerprint density at radius 1 is 0.533 bits per heavy atom. The number of aliphatic carboxylic acids is 1. The molecule has 0 unspecified atom stereocenters. The first-order valence-electron chi connectivity index (χ1n) is 8.34. The molecule has 0 aromatic heterocycles. The molecule has 0 atom stereocenters. The van der Waals surface area contributed by atoms with Gasteiger partial charge in [-0.05, 0) is 12.8 Å². The van der Waals surface area contributed by atoms with Gasteiger partial charge in [0.05, 0.1) is 0 Å². The molecule has 0 bridgehead atoms. The molecule has 0 spiro atoms. The maximum Gasteiger partial charge on any atom is 0.460 e. The second kappa shape index (κ2) is 9.37. The van der Waals surface area contributed by atoms with E-state index >= 15 is 0 Å². The minimum Gasteiger partial charge on any atom is -0.481 e.